The average molecular weight is 304 g/mol. The number of thiophene rings is 1. The SMILES string of the molecule is CNC(c1cscc1Br)C1(C)CCCCO1. The molecule has 2 nitrogen and oxygen atoms in total. The van der Waals surface area contributed by atoms with Crippen LogP contribution in [0.25, 0.3) is 0 Å². The van der Waals surface area contributed by atoms with Crippen LogP contribution in [0.2, 0.25) is 0 Å². The molecule has 0 radical (unpaired) electrons. The van der Waals surface area contributed by atoms with E-state index in [0.717, 1.165) is 13.0 Å². The summed E-state index contributed by atoms with van der Waals surface area (Å²) in [5.74, 6) is 0. The minimum Gasteiger partial charge on any atom is -0.373 e. The molecule has 0 bridgehead atoms. The zero-order chi connectivity index (χ0) is 11.6. The van der Waals surface area contributed by atoms with Crippen LogP contribution in [0.15, 0.2) is 15.2 Å². The maximum absolute atomic E-state index is 6.02. The standard InChI is InChI=1S/C12H18BrNOS/c1-12(5-3-4-6-15-12)11(14-2)9-7-16-8-10(9)13/h7-8,11,14H,3-6H2,1-2H3. The molecule has 1 aliphatic rings. The van der Waals surface area contributed by atoms with Crippen LogP contribution in [0.3, 0.4) is 0 Å². The highest BCUT2D eigenvalue weighted by molar-refractivity contribution is 9.10. The van der Waals surface area contributed by atoms with E-state index < -0.39 is 0 Å². The zero-order valence-corrected chi connectivity index (χ0v) is 12.2. The van der Waals surface area contributed by atoms with E-state index in [2.05, 4.69) is 38.9 Å². The molecule has 0 amide bonds. The zero-order valence-electron chi connectivity index (χ0n) is 9.75. The van der Waals surface area contributed by atoms with Crippen molar-refractivity contribution in [1.82, 2.24) is 5.32 Å². The Kier molecular flexibility index (Phi) is 4.06. The molecule has 1 saturated heterocycles. The van der Waals surface area contributed by atoms with E-state index in [1.807, 2.05) is 7.05 Å². The van der Waals surface area contributed by atoms with Crippen molar-refractivity contribution in [3.05, 3.63) is 20.8 Å². The Morgan fingerprint density at radius 2 is 2.31 bits per heavy atom. The summed E-state index contributed by atoms with van der Waals surface area (Å²) in [5, 5.41) is 7.74. The molecule has 16 heavy (non-hydrogen) atoms. The normalized spacial score (nSPS) is 27.9. The maximum Gasteiger partial charge on any atom is 0.0848 e. The molecular formula is C12H18BrNOS. The number of ether oxygens (including phenoxy) is 1. The molecule has 2 unspecified atom stereocenters. The molecule has 4 heteroatoms. The lowest BCUT2D eigenvalue weighted by atomic mass is 9.85. The highest BCUT2D eigenvalue weighted by Crippen LogP contribution is 2.40. The average Bonchev–Trinajstić information content (AvgIpc) is 2.67. The van der Waals surface area contributed by atoms with Crippen LogP contribution in [0.1, 0.15) is 37.8 Å². The molecule has 2 heterocycles. The van der Waals surface area contributed by atoms with Crippen molar-refractivity contribution in [2.24, 2.45) is 0 Å². The monoisotopic (exact) mass is 303 g/mol. The first kappa shape index (κ1) is 12.6. The second-order valence-corrected chi connectivity index (χ2v) is 6.11. The van der Waals surface area contributed by atoms with Gasteiger partial charge in [0.15, 0.2) is 0 Å². The van der Waals surface area contributed by atoms with Gasteiger partial charge in [-0.1, -0.05) is 0 Å². The summed E-state index contributed by atoms with van der Waals surface area (Å²) in [4.78, 5) is 0. The van der Waals surface area contributed by atoms with Gasteiger partial charge in [0.1, 0.15) is 0 Å². The van der Waals surface area contributed by atoms with Gasteiger partial charge in [-0.15, -0.1) is 0 Å². The Bertz CT molecular complexity index is 347. The first-order valence-corrected chi connectivity index (χ1v) is 7.44. The van der Waals surface area contributed by atoms with Crippen molar-refractivity contribution in [2.75, 3.05) is 13.7 Å². The van der Waals surface area contributed by atoms with E-state index >= 15 is 0 Å². The molecule has 90 valence electrons. The maximum atomic E-state index is 6.02. The van der Waals surface area contributed by atoms with E-state index in [4.69, 9.17) is 4.74 Å². The van der Waals surface area contributed by atoms with Gasteiger partial charge < -0.3 is 10.1 Å². The number of hydrogen-bond acceptors (Lipinski definition) is 3. The van der Waals surface area contributed by atoms with Crippen LogP contribution >= 0.6 is 27.3 Å². The summed E-state index contributed by atoms with van der Waals surface area (Å²) < 4.78 is 7.21. The van der Waals surface area contributed by atoms with Gasteiger partial charge in [0.25, 0.3) is 0 Å². The van der Waals surface area contributed by atoms with E-state index in [1.54, 1.807) is 11.3 Å². The molecule has 1 fully saturated rings. The van der Waals surface area contributed by atoms with Crippen LogP contribution in [-0.4, -0.2) is 19.3 Å². The summed E-state index contributed by atoms with van der Waals surface area (Å²) in [6.45, 7) is 3.11. The van der Waals surface area contributed by atoms with E-state index in [1.165, 1.54) is 22.9 Å². The van der Waals surface area contributed by atoms with Gasteiger partial charge in [-0.25, -0.2) is 0 Å². The fraction of sp³-hybridized carbons (Fsp3) is 0.667. The summed E-state index contributed by atoms with van der Waals surface area (Å²) >= 11 is 5.34. The van der Waals surface area contributed by atoms with Gasteiger partial charge in [0.2, 0.25) is 0 Å². The van der Waals surface area contributed by atoms with Gasteiger partial charge in [0.05, 0.1) is 11.6 Å². The van der Waals surface area contributed by atoms with Gasteiger partial charge in [-0.05, 0) is 60.1 Å². The van der Waals surface area contributed by atoms with E-state index in [0.29, 0.717) is 0 Å². The lowest BCUT2D eigenvalue weighted by Gasteiger charge is -2.40. The van der Waals surface area contributed by atoms with Crippen LogP contribution in [0, 0.1) is 0 Å². The second-order valence-electron chi connectivity index (χ2n) is 4.51. The summed E-state index contributed by atoms with van der Waals surface area (Å²) in [6.07, 6.45) is 3.58. The predicted octanol–water partition coefficient (Wildman–Crippen LogP) is 3.73. The minimum absolute atomic E-state index is 0.0728. The molecule has 0 aliphatic carbocycles. The topological polar surface area (TPSA) is 21.3 Å². The molecular weight excluding hydrogens is 286 g/mol. The van der Waals surface area contributed by atoms with Crippen LogP contribution in [0.4, 0.5) is 0 Å². The first-order valence-electron chi connectivity index (χ1n) is 5.70. The van der Waals surface area contributed by atoms with Crippen molar-refractivity contribution < 1.29 is 4.74 Å². The molecule has 2 rings (SSSR count). The third-order valence-corrected chi connectivity index (χ3v) is 5.10. The Balaban J connectivity index is 2.24. The summed E-state index contributed by atoms with van der Waals surface area (Å²) in [5.41, 5.74) is 1.24. The van der Waals surface area contributed by atoms with E-state index in [-0.39, 0.29) is 11.6 Å². The molecule has 1 aromatic rings. The van der Waals surface area contributed by atoms with Gasteiger partial charge in [-0.3, -0.25) is 0 Å². The first-order chi connectivity index (χ1) is 7.67. The summed E-state index contributed by atoms with van der Waals surface area (Å²) in [6, 6.07) is 0.272. The minimum atomic E-state index is -0.0728. The quantitative estimate of drug-likeness (QED) is 0.918. The fourth-order valence-corrected chi connectivity index (χ4v) is 4.02. The Morgan fingerprint density at radius 1 is 1.50 bits per heavy atom. The van der Waals surface area contributed by atoms with Gasteiger partial charge in [0, 0.05) is 16.5 Å². The largest absolute Gasteiger partial charge is 0.373 e. The Morgan fingerprint density at radius 3 is 2.81 bits per heavy atom. The van der Waals surface area contributed by atoms with Crippen molar-refractivity contribution in [3.63, 3.8) is 0 Å². The van der Waals surface area contributed by atoms with Crippen molar-refractivity contribution in [2.45, 2.75) is 37.8 Å². The predicted molar refractivity (Wildman–Crippen MR) is 72.0 cm³/mol. The molecule has 0 spiro atoms. The number of likely N-dealkylation sites (N-methyl/N-ethyl adjacent to an activating group) is 1. The third-order valence-electron chi connectivity index (χ3n) is 3.35. The van der Waals surface area contributed by atoms with Crippen molar-refractivity contribution in [1.29, 1.82) is 0 Å². The van der Waals surface area contributed by atoms with Crippen molar-refractivity contribution in [3.8, 4) is 0 Å². The van der Waals surface area contributed by atoms with Crippen molar-refractivity contribution >= 4 is 27.3 Å². The lowest BCUT2D eigenvalue weighted by molar-refractivity contribution is -0.0885. The third kappa shape index (κ3) is 2.35. The number of rotatable bonds is 3. The number of halogens is 1. The molecule has 1 aromatic heterocycles. The second kappa shape index (κ2) is 5.17. The highest BCUT2D eigenvalue weighted by atomic mass is 79.9. The van der Waals surface area contributed by atoms with Crippen LogP contribution in [0.5, 0.6) is 0 Å². The van der Waals surface area contributed by atoms with Crippen LogP contribution < -0.4 is 5.32 Å². The van der Waals surface area contributed by atoms with Gasteiger partial charge >= 0.3 is 0 Å². The number of hydrogen-bond donors (Lipinski definition) is 1. The van der Waals surface area contributed by atoms with Gasteiger partial charge in [-0.2, -0.15) is 11.3 Å². The smallest absolute Gasteiger partial charge is 0.0848 e. The molecule has 0 aromatic carbocycles. The molecule has 2 atom stereocenters. The molecule has 1 N–H and O–H groups in total. The van der Waals surface area contributed by atoms with Crippen LogP contribution in [-0.2, 0) is 4.74 Å². The summed E-state index contributed by atoms with van der Waals surface area (Å²) in [7, 11) is 2.01. The fourth-order valence-electron chi connectivity index (χ4n) is 2.47. The Hall–Kier alpha value is 0.1000. The number of nitrogens with one attached hydrogen (secondary N) is 1. The van der Waals surface area contributed by atoms with E-state index in [9.17, 15) is 0 Å². The molecule has 1 aliphatic heterocycles. The Labute approximate surface area is 110 Å². The lowest BCUT2D eigenvalue weighted by Crippen LogP contribution is -2.44. The highest BCUT2D eigenvalue weighted by Gasteiger charge is 2.37. The molecule has 0 saturated carbocycles.